The summed E-state index contributed by atoms with van der Waals surface area (Å²) in [7, 11) is -3.56. The molecule has 0 aliphatic carbocycles. The van der Waals surface area contributed by atoms with Crippen LogP contribution in [0.25, 0.3) is 10.9 Å². The lowest BCUT2D eigenvalue weighted by molar-refractivity contribution is 0.123. The van der Waals surface area contributed by atoms with E-state index in [-0.39, 0.29) is 10.8 Å². The van der Waals surface area contributed by atoms with Gasteiger partial charge in [0.2, 0.25) is 10.0 Å². The van der Waals surface area contributed by atoms with Crippen molar-refractivity contribution in [3.8, 4) is 0 Å². The summed E-state index contributed by atoms with van der Waals surface area (Å²) in [6.07, 6.45) is 5.50. The first-order chi connectivity index (χ1) is 12.6. The number of ether oxygens (including phenoxy) is 1. The second kappa shape index (κ2) is 7.14. The van der Waals surface area contributed by atoms with E-state index < -0.39 is 10.0 Å². The topological polar surface area (TPSA) is 88.2 Å². The highest BCUT2D eigenvalue weighted by Gasteiger charge is 2.29. The lowest BCUT2D eigenvalue weighted by atomic mass is 9.99. The van der Waals surface area contributed by atoms with E-state index in [0.717, 1.165) is 22.9 Å². The SMILES string of the molecule is O=S(=O)(c1cccnc1)N1CCOCC(Cc2ccc3[nH]ncc3c2)C1. The van der Waals surface area contributed by atoms with Crippen molar-refractivity contribution in [2.75, 3.05) is 26.3 Å². The molecule has 1 atom stereocenters. The van der Waals surface area contributed by atoms with Crippen LogP contribution < -0.4 is 0 Å². The smallest absolute Gasteiger partial charge is 0.244 e. The second-order valence-electron chi connectivity index (χ2n) is 6.49. The molecule has 0 amide bonds. The monoisotopic (exact) mass is 372 g/mol. The number of rotatable bonds is 4. The molecule has 26 heavy (non-hydrogen) atoms. The summed E-state index contributed by atoms with van der Waals surface area (Å²) in [5, 5.41) is 8.03. The molecule has 8 heteroatoms. The van der Waals surface area contributed by atoms with Crippen molar-refractivity contribution in [3.63, 3.8) is 0 Å². The highest BCUT2D eigenvalue weighted by atomic mass is 32.2. The van der Waals surface area contributed by atoms with Gasteiger partial charge in [0.25, 0.3) is 0 Å². The van der Waals surface area contributed by atoms with E-state index in [9.17, 15) is 8.42 Å². The molecule has 136 valence electrons. The fraction of sp³-hybridized carbons (Fsp3) is 0.333. The van der Waals surface area contributed by atoms with Gasteiger partial charge < -0.3 is 4.74 Å². The first-order valence-corrected chi connectivity index (χ1v) is 9.97. The van der Waals surface area contributed by atoms with E-state index >= 15 is 0 Å². The van der Waals surface area contributed by atoms with Gasteiger partial charge in [-0.25, -0.2) is 8.42 Å². The maximum absolute atomic E-state index is 12.9. The minimum Gasteiger partial charge on any atom is -0.380 e. The van der Waals surface area contributed by atoms with Gasteiger partial charge in [0, 0.05) is 36.8 Å². The number of hydrogen-bond acceptors (Lipinski definition) is 5. The zero-order chi connectivity index (χ0) is 18.0. The average molecular weight is 372 g/mol. The van der Waals surface area contributed by atoms with Gasteiger partial charge in [0.1, 0.15) is 4.90 Å². The van der Waals surface area contributed by atoms with E-state index in [1.807, 2.05) is 12.1 Å². The minimum absolute atomic E-state index is 0.0910. The largest absolute Gasteiger partial charge is 0.380 e. The van der Waals surface area contributed by atoms with Crippen LogP contribution in [0.5, 0.6) is 0 Å². The maximum Gasteiger partial charge on any atom is 0.244 e. The summed E-state index contributed by atoms with van der Waals surface area (Å²) in [5.41, 5.74) is 2.14. The first kappa shape index (κ1) is 17.1. The van der Waals surface area contributed by atoms with Crippen LogP contribution in [-0.2, 0) is 21.2 Å². The fourth-order valence-electron chi connectivity index (χ4n) is 3.29. The zero-order valence-corrected chi connectivity index (χ0v) is 15.0. The van der Waals surface area contributed by atoms with Crippen molar-refractivity contribution in [1.29, 1.82) is 0 Å². The molecule has 1 aromatic carbocycles. The number of benzene rings is 1. The molecular formula is C18H20N4O3S. The fourth-order valence-corrected chi connectivity index (χ4v) is 4.76. The van der Waals surface area contributed by atoms with E-state index in [4.69, 9.17) is 4.74 Å². The Morgan fingerprint density at radius 1 is 1.27 bits per heavy atom. The minimum atomic E-state index is -3.56. The molecule has 1 fully saturated rings. The zero-order valence-electron chi connectivity index (χ0n) is 14.2. The van der Waals surface area contributed by atoms with Gasteiger partial charge in [-0.2, -0.15) is 9.40 Å². The lowest BCUT2D eigenvalue weighted by Gasteiger charge is -2.23. The number of pyridine rings is 1. The molecular weight excluding hydrogens is 352 g/mol. The molecule has 1 saturated heterocycles. The molecule has 7 nitrogen and oxygen atoms in total. The summed E-state index contributed by atoms with van der Waals surface area (Å²) < 4.78 is 33.0. The molecule has 0 bridgehead atoms. The van der Waals surface area contributed by atoms with Gasteiger partial charge >= 0.3 is 0 Å². The van der Waals surface area contributed by atoms with Crippen molar-refractivity contribution in [2.45, 2.75) is 11.3 Å². The predicted molar refractivity (Wildman–Crippen MR) is 97.1 cm³/mol. The van der Waals surface area contributed by atoms with Crippen LogP contribution in [-0.4, -0.2) is 54.2 Å². The maximum atomic E-state index is 12.9. The van der Waals surface area contributed by atoms with Gasteiger partial charge in [-0.15, -0.1) is 0 Å². The Morgan fingerprint density at radius 2 is 2.19 bits per heavy atom. The Hall–Kier alpha value is -2.29. The summed E-state index contributed by atoms with van der Waals surface area (Å²) >= 11 is 0. The van der Waals surface area contributed by atoms with Crippen molar-refractivity contribution in [3.05, 3.63) is 54.5 Å². The van der Waals surface area contributed by atoms with Gasteiger partial charge in [0.05, 0.1) is 24.9 Å². The normalized spacial score (nSPS) is 19.5. The van der Waals surface area contributed by atoms with E-state index in [0.29, 0.717) is 26.3 Å². The van der Waals surface area contributed by atoms with Crippen molar-refractivity contribution >= 4 is 20.9 Å². The predicted octanol–water partition coefficient (Wildman–Crippen LogP) is 1.84. The number of fused-ring (bicyclic) bond motifs is 1. The molecule has 1 unspecified atom stereocenters. The van der Waals surface area contributed by atoms with Gasteiger partial charge in [-0.05, 0) is 36.2 Å². The highest BCUT2D eigenvalue weighted by Crippen LogP contribution is 2.22. The highest BCUT2D eigenvalue weighted by molar-refractivity contribution is 7.89. The third-order valence-electron chi connectivity index (χ3n) is 4.60. The van der Waals surface area contributed by atoms with E-state index in [2.05, 4.69) is 21.2 Å². The van der Waals surface area contributed by atoms with Crippen LogP contribution in [0, 0.1) is 5.92 Å². The third-order valence-corrected chi connectivity index (χ3v) is 6.45. The Labute approximate surface area is 152 Å². The molecule has 4 rings (SSSR count). The molecule has 3 heterocycles. The summed E-state index contributed by atoms with van der Waals surface area (Å²) in [6.45, 7) is 1.73. The number of aromatic amines is 1. The lowest BCUT2D eigenvalue weighted by Crippen LogP contribution is -2.36. The van der Waals surface area contributed by atoms with Crippen molar-refractivity contribution in [2.24, 2.45) is 5.92 Å². The molecule has 3 aromatic rings. The summed E-state index contributed by atoms with van der Waals surface area (Å²) in [6, 6.07) is 9.35. The second-order valence-corrected chi connectivity index (χ2v) is 8.43. The Bertz CT molecular complexity index is 988. The van der Waals surface area contributed by atoms with Crippen LogP contribution in [0.15, 0.2) is 53.8 Å². The van der Waals surface area contributed by atoms with E-state index in [1.54, 1.807) is 24.5 Å². The number of nitrogens with one attached hydrogen (secondary N) is 1. The molecule has 1 aliphatic rings. The van der Waals surface area contributed by atoms with Gasteiger partial charge in [0.15, 0.2) is 0 Å². The van der Waals surface area contributed by atoms with Gasteiger partial charge in [-0.1, -0.05) is 6.07 Å². The standard InChI is InChI=1S/C18H20N4O3S/c23-26(24,17-2-1-5-19-11-17)22-6-7-25-13-15(12-22)8-14-3-4-18-16(9-14)10-20-21-18/h1-5,9-11,15H,6-8,12-13H2,(H,20,21). The number of H-pyrrole nitrogens is 1. The molecule has 1 aliphatic heterocycles. The quantitative estimate of drug-likeness (QED) is 0.755. The van der Waals surface area contributed by atoms with Gasteiger partial charge in [-0.3, -0.25) is 10.1 Å². The number of sulfonamides is 1. The van der Waals surface area contributed by atoms with Crippen LogP contribution in [0.2, 0.25) is 0 Å². The summed E-state index contributed by atoms with van der Waals surface area (Å²) in [4.78, 5) is 4.16. The summed E-state index contributed by atoms with van der Waals surface area (Å²) in [5.74, 6) is 0.0910. The average Bonchev–Trinajstić information content (AvgIpc) is 2.99. The first-order valence-electron chi connectivity index (χ1n) is 8.53. The van der Waals surface area contributed by atoms with Crippen molar-refractivity contribution in [1.82, 2.24) is 19.5 Å². The Kier molecular flexibility index (Phi) is 4.71. The molecule has 0 spiro atoms. The van der Waals surface area contributed by atoms with Crippen LogP contribution in [0.3, 0.4) is 0 Å². The third kappa shape index (κ3) is 3.48. The molecule has 0 saturated carbocycles. The van der Waals surface area contributed by atoms with Crippen LogP contribution in [0.1, 0.15) is 5.56 Å². The molecule has 2 aromatic heterocycles. The van der Waals surface area contributed by atoms with E-state index in [1.165, 1.54) is 10.5 Å². The molecule has 0 radical (unpaired) electrons. The van der Waals surface area contributed by atoms with Crippen LogP contribution in [0.4, 0.5) is 0 Å². The Morgan fingerprint density at radius 3 is 3.04 bits per heavy atom. The number of aromatic nitrogens is 3. The van der Waals surface area contributed by atoms with Crippen molar-refractivity contribution < 1.29 is 13.2 Å². The Balaban J connectivity index is 1.54. The number of nitrogens with zero attached hydrogens (tertiary/aromatic N) is 3. The number of hydrogen-bond donors (Lipinski definition) is 1. The molecule has 1 N–H and O–H groups in total. The van der Waals surface area contributed by atoms with Crippen LogP contribution >= 0.6 is 0 Å².